The fraction of sp³-hybridized carbons (Fsp3) is 0.667. The summed E-state index contributed by atoms with van der Waals surface area (Å²) < 4.78 is 0. The van der Waals surface area contributed by atoms with Gasteiger partial charge in [0.15, 0.2) is 0 Å². The average Bonchev–Trinajstić information content (AvgIpc) is 2.85. The molecule has 0 aromatic heterocycles. The SMILES string of the molecule is C=C(/C=C(\C=N/N)N1CC(C)C1)NCC1CCCC1. The Hall–Kier alpha value is -1.45. The molecule has 1 aliphatic heterocycles. The van der Waals surface area contributed by atoms with Gasteiger partial charge in [0.25, 0.3) is 0 Å². The van der Waals surface area contributed by atoms with Crippen molar-refractivity contribution in [1.82, 2.24) is 10.2 Å². The van der Waals surface area contributed by atoms with Crippen molar-refractivity contribution in [3.63, 3.8) is 0 Å². The highest BCUT2D eigenvalue weighted by Crippen LogP contribution is 2.24. The van der Waals surface area contributed by atoms with E-state index >= 15 is 0 Å². The third kappa shape index (κ3) is 4.01. The van der Waals surface area contributed by atoms with Crippen molar-refractivity contribution in [2.24, 2.45) is 22.8 Å². The van der Waals surface area contributed by atoms with Crippen molar-refractivity contribution in [1.29, 1.82) is 0 Å². The van der Waals surface area contributed by atoms with E-state index in [1.165, 1.54) is 25.7 Å². The molecule has 1 heterocycles. The Kier molecular flexibility index (Phi) is 4.88. The summed E-state index contributed by atoms with van der Waals surface area (Å²) in [7, 11) is 0. The van der Waals surface area contributed by atoms with Crippen molar-refractivity contribution in [2.75, 3.05) is 19.6 Å². The first-order valence-corrected chi connectivity index (χ1v) is 7.31. The minimum Gasteiger partial charge on any atom is -0.385 e. The van der Waals surface area contributed by atoms with E-state index in [1.807, 2.05) is 0 Å². The summed E-state index contributed by atoms with van der Waals surface area (Å²) in [5, 5.41) is 7.08. The molecule has 0 amide bonds. The summed E-state index contributed by atoms with van der Waals surface area (Å²) in [4.78, 5) is 2.28. The van der Waals surface area contributed by atoms with Crippen LogP contribution in [0.3, 0.4) is 0 Å². The largest absolute Gasteiger partial charge is 0.385 e. The number of rotatable bonds is 6. The van der Waals surface area contributed by atoms with E-state index in [0.29, 0.717) is 0 Å². The van der Waals surface area contributed by atoms with Gasteiger partial charge >= 0.3 is 0 Å². The van der Waals surface area contributed by atoms with Crippen molar-refractivity contribution in [3.05, 3.63) is 24.0 Å². The van der Waals surface area contributed by atoms with Crippen LogP contribution in [0.4, 0.5) is 0 Å². The molecule has 1 aliphatic carbocycles. The summed E-state index contributed by atoms with van der Waals surface area (Å²) in [6, 6.07) is 0. The minimum atomic E-state index is 0.759. The molecular weight excluding hydrogens is 236 g/mol. The maximum absolute atomic E-state index is 5.28. The first kappa shape index (κ1) is 14.0. The van der Waals surface area contributed by atoms with Crippen LogP contribution in [0.1, 0.15) is 32.6 Å². The zero-order valence-electron chi connectivity index (χ0n) is 11.9. The van der Waals surface area contributed by atoms with Gasteiger partial charge in [-0.2, -0.15) is 5.10 Å². The zero-order chi connectivity index (χ0) is 13.7. The second-order valence-electron chi connectivity index (χ2n) is 5.91. The summed E-state index contributed by atoms with van der Waals surface area (Å²) in [6.07, 6.45) is 9.23. The van der Waals surface area contributed by atoms with Gasteiger partial charge in [-0.05, 0) is 30.8 Å². The zero-order valence-corrected chi connectivity index (χ0v) is 11.9. The van der Waals surface area contributed by atoms with Gasteiger partial charge in [-0.3, -0.25) is 0 Å². The van der Waals surface area contributed by atoms with Crippen molar-refractivity contribution in [2.45, 2.75) is 32.6 Å². The molecule has 0 bridgehead atoms. The number of hydrazone groups is 1. The van der Waals surface area contributed by atoms with Crippen LogP contribution in [0.15, 0.2) is 29.2 Å². The number of hydrogen-bond donors (Lipinski definition) is 2. The standard InChI is InChI=1S/C15H26N4/c1-12-10-19(11-12)15(9-18-16)7-13(2)17-8-14-5-3-4-6-14/h7,9,12,14,17H,2-6,8,10-11,16H2,1H3/b15-7+,18-9-. The molecule has 1 saturated carbocycles. The van der Waals surface area contributed by atoms with Crippen LogP contribution in [0.2, 0.25) is 0 Å². The molecule has 1 saturated heterocycles. The van der Waals surface area contributed by atoms with Crippen LogP contribution in [-0.4, -0.2) is 30.7 Å². The molecule has 2 rings (SSSR count). The number of allylic oxidation sites excluding steroid dienone is 2. The van der Waals surface area contributed by atoms with Gasteiger partial charge in [0.2, 0.25) is 0 Å². The topological polar surface area (TPSA) is 53.6 Å². The van der Waals surface area contributed by atoms with Crippen LogP contribution in [0, 0.1) is 11.8 Å². The van der Waals surface area contributed by atoms with Crippen molar-refractivity contribution < 1.29 is 0 Å². The van der Waals surface area contributed by atoms with Crippen LogP contribution in [-0.2, 0) is 0 Å². The van der Waals surface area contributed by atoms with Gasteiger partial charge in [-0.15, -0.1) is 0 Å². The molecule has 4 nitrogen and oxygen atoms in total. The Morgan fingerprint density at radius 3 is 2.68 bits per heavy atom. The van der Waals surface area contributed by atoms with E-state index in [4.69, 9.17) is 5.84 Å². The summed E-state index contributed by atoms with van der Waals surface area (Å²) in [6.45, 7) is 9.53. The van der Waals surface area contributed by atoms with Crippen LogP contribution < -0.4 is 11.2 Å². The molecule has 0 unspecified atom stereocenters. The van der Waals surface area contributed by atoms with Gasteiger partial charge in [0, 0.05) is 25.3 Å². The van der Waals surface area contributed by atoms with Gasteiger partial charge in [0.1, 0.15) is 0 Å². The minimum absolute atomic E-state index is 0.759. The maximum Gasteiger partial charge on any atom is 0.0700 e. The molecule has 3 N–H and O–H groups in total. The number of nitrogens with zero attached hydrogens (tertiary/aromatic N) is 2. The Morgan fingerprint density at radius 1 is 1.42 bits per heavy atom. The Bertz CT molecular complexity index is 360. The molecule has 0 aromatic rings. The second kappa shape index (κ2) is 6.64. The maximum atomic E-state index is 5.28. The smallest absolute Gasteiger partial charge is 0.0700 e. The van der Waals surface area contributed by atoms with Crippen LogP contribution in [0.25, 0.3) is 0 Å². The molecule has 2 aliphatic rings. The van der Waals surface area contributed by atoms with Crippen molar-refractivity contribution >= 4 is 6.21 Å². The van der Waals surface area contributed by atoms with E-state index in [9.17, 15) is 0 Å². The number of nitrogens with one attached hydrogen (secondary N) is 1. The van der Waals surface area contributed by atoms with E-state index < -0.39 is 0 Å². The third-order valence-electron chi connectivity index (χ3n) is 4.05. The number of nitrogens with two attached hydrogens (primary N) is 1. The first-order valence-electron chi connectivity index (χ1n) is 7.31. The lowest BCUT2D eigenvalue weighted by atomic mass is 10.0. The predicted molar refractivity (Wildman–Crippen MR) is 80.6 cm³/mol. The highest BCUT2D eigenvalue weighted by Gasteiger charge is 2.23. The lowest BCUT2D eigenvalue weighted by molar-refractivity contribution is 0.168. The second-order valence-corrected chi connectivity index (χ2v) is 5.91. The van der Waals surface area contributed by atoms with Crippen LogP contribution >= 0.6 is 0 Å². The van der Waals surface area contributed by atoms with Gasteiger partial charge < -0.3 is 16.1 Å². The van der Waals surface area contributed by atoms with Gasteiger partial charge in [-0.1, -0.05) is 26.3 Å². The molecule has 0 spiro atoms. The lowest BCUT2D eigenvalue weighted by Gasteiger charge is -2.39. The number of hydrogen-bond acceptors (Lipinski definition) is 4. The van der Waals surface area contributed by atoms with E-state index in [-0.39, 0.29) is 0 Å². The Labute approximate surface area is 116 Å². The molecule has 106 valence electrons. The van der Waals surface area contributed by atoms with E-state index in [2.05, 4.69) is 34.9 Å². The van der Waals surface area contributed by atoms with E-state index in [1.54, 1.807) is 6.21 Å². The fourth-order valence-electron chi connectivity index (χ4n) is 2.92. The summed E-state index contributed by atoms with van der Waals surface area (Å²) in [5.74, 6) is 6.86. The Balaban J connectivity index is 1.83. The Morgan fingerprint density at radius 2 is 2.11 bits per heavy atom. The lowest BCUT2D eigenvalue weighted by Crippen LogP contribution is -2.44. The van der Waals surface area contributed by atoms with Gasteiger partial charge in [0.05, 0.1) is 11.9 Å². The molecule has 0 aromatic carbocycles. The highest BCUT2D eigenvalue weighted by atomic mass is 15.2. The molecular formula is C15H26N4. The monoisotopic (exact) mass is 262 g/mol. The number of likely N-dealkylation sites (tertiary alicyclic amines) is 1. The molecule has 19 heavy (non-hydrogen) atoms. The summed E-state index contributed by atoms with van der Waals surface area (Å²) in [5.41, 5.74) is 2.02. The third-order valence-corrected chi connectivity index (χ3v) is 4.05. The predicted octanol–water partition coefficient (Wildman–Crippen LogP) is 2.06. The molecule has 4 heteroatoms. The molecule has 2 fully saturated rings. The normalized spacial score (nSPS) is 21.9. The van der Waals surface area contributed by atoms with Crippen LogP contribution in [0.5, 0.6) is 0 Å². The quantitative estimate of drug-likeness (QED) is 0.333. The highest BCUT2D eigenvalue weighted by molar-refractivity contribution is 5.78. The first-order chi connectivity index (χ1) is 9.19. The average molecular weight is 262 g/mol. The summed E-state index contributed by atoms with van der Waals surface area (Å²) >= 11 is 0. The molecule has 0 radical (unpaired) electrons. The van der Waals surface area contributed by atoms with E-state index in [0.717, 1.165) is 42.9 Å². The fourth-order valence-corrected chi connectivity index (χ4v) is 2.92. The molecule has 0 atom stereocenters. The van der Waals surface area contributed by atoms with Gasteiger partial charge in [-0.25, -0.2) is 0 Å². The van der Waals surface area contributed by atoms with Crippen molar-refractivity contribution in [3.8, 4) is 0 Å².